The standard InChI is InChI=1S/C23H22N4O5/c1-13-6-4-5-7-17(13)26-22(28)16-12-24-27-19(11-18(23(29)30)25-21(16)27)15-10-14(31-2)8-9-20(15)32-3/h4-12,19,25H,1-3H3,(H,26,28)(H,29,30). The van der Waals surface area contributed by atoms with E-state index in [4.69, 9.17) is 9.47 Å². The maximum atomic E-state index is 13.0. The number of nitrogens with one attached hydrogen (secondary N) is 2. The number of rotatable bonds is 6. The van der Waals surface area contributed by atoms with E-state index in [1.54, 1.807) is 36.1 Å². The zero-order valence-corrected chi connectivity index (χ0v) is 17.7. The number of aliphatic carboxylic acids is 1. The maximum absolute atomic E-state index is 13.0. The first-order chi connectivity index (χ1) is 15.4. The second kappa shape index (κ2) is 8.46. The molecule has 0 radical (unpaired) electrons. The number of anilines is 2. The van der Waals surface area contributed by atoms with Gasteiger partial charge in [-0.3, -0.25) is 4.79 Å². The fraction of sp³-hybridized carbons (Fsp3) is 0.174. The minimum Gasteiger partial charge on any atom is -0.497 e. The molecule has 3 aromatic rings. The molecule has 0 bridgehead atoms. The molecule has 3 N–H and O–H groups in total. The SMILES string of the molecule is COc1ccc(OC)c(C2C=C(C(=O)O)Nc3c(C(=O)Nc4ccccc4C)cnn32)c1. The lowest BCUT2D eigenvalue weighted by molar-refractivity contribution is -0.132. The highest BCUT2D eigenvalue weighted by atomic mass is 16.5. The number of aromatic nitrogens is 2. The number of ether oxygens (including phenoxy) is 2. The van der Waals surface area contributed by atoms with Crippen LogP contribution in [0.1, 0.15) is 27.5 Å². The van der Waals surface area contributed by atoms with Crippen LogP contribution >= 0.6 is 0 Å². The summed E-state index contributed by atoms with van der Waals surface area (Å²) in [4.78, 5) is 24.9. The second-order valence-electron chi connectivity index (χ2n) is 7.18. The molecule has 1 amide bonds. The highest BCUT2D eigenvalue weighted by Gasteiger charge is 2.31. The quantitative estimate of drug-likeness (QED) is 0.544. The second-order valence-corrected chi connectivity index (χ2v) is 7.18. The molecule has 1 unspecified atom stereocenters. The van der Waals surface area contributed by atoms with Gasteiger partial charge in [0.05, 0.1) is 20.4 Å². The van der Waals surface area contributed by atoms with Crippen LogP contribution < -0.4 is 20.1 Å². The van der Waals surface area contributed by atoms with Gasteiger partial charge in [-0.1, -0.05) is 18.2 Å². The van der Waals surface area contributed by atoms with Crippen LogP contribution in [0, 0.1) is 6.92 Å². The van der Waals surface area contributed by atoms with E-state index in [0.29, 0.717) is 22.7 Å². The highest BCUT2D eigenvalue weighted by molar-refractivity contribution is 6.08. The van der Waals surface area contributed by atoms with Crippen LogP contribution in [-0.2, 0) is 4.79 Å². The molecular weight excluding hydrogens is 412 g/mol. The molecule has 0 saturated carbocycles. The number of carboxylic acids is 1. The van der Waals surface area contributed by atoms with Crippen LogP contribution in [-0.4, -0.2) is 41.0 Å². The topological polar surface area (TPSA) is 115 Å². The molecule has 1 aliphatic heterocycles. The number of hydrogen-bond donors (Lipinski definition) is 3. The smallest absolute Gasteiger partial charge is 0.352 e. The number of allylic oxidation sites excluding steroid dienone is 1. The molecule has 1 aromatic heterocycles. The third-order valence-corrected chi connectivity index (χ3v) is 5.26. The van der Waals surface area contributed by atoms with Crippen molar-refractivity contribution >= 4 is 23.4 Å². The Morgan fingerprint density at radius 3 is 2.62 bits per heavy atom. The van der Waals surface area contributed by atoms with E-state index >= 15 is 0 Å². The largest absolute Gasteiger partial charge is 0.497 e. The molecule has 32 heavy (non-hydrogen) atoms. The summed E-state index contributed by atoms with van der Waals surface area (Å²) in [5.74, 6) is -0.182. The van der Waals surface area contributed by atoms with Crippen LogP contribution in [0.2, 0.25) is 0 Å². The zero-order chi connectivity index (χ0) is 22.8. The highest BCUT2D eigenvalue weighted by Crippen LogP contribution is 2.38. The van der Waals surface area contributed by atoms with Crippen molar-refractivity contribution in [3.63, 3.8) is 0 Å². The maximum Gasteiger partial charge on any atom is 0.352 e. The van der Waals surface area contributed by atoms with E-state index in [0.717, 1.165) is 5.56 Å². The number of methoxy groups -OCH3 is 2. The molecule has 0 aliphatic carbocycles. The third-order valence-electron chi connectivity index (χ3n) is 5.26. The molecular formula is C23H22N4O5. The van der Waals surface area contributed by atoms with E-state index in [-0.39, 0.29) is 17.1 Å². The van der Waals surface area contributed by atoms with E-state index in [1.807, 2.05) is 25.1 Å². The molecule has 164 valence electrons. The molecule has 9 heteroatoms. The predicted octanol–water partition coefficient (Wildman–Crippen LogP) is 3.44. The number of carbonyl (C=O) groups is 2. The first-order valence-corrected chi connectivity index (χ1v) is 9.81. The monoisotopic (exact) mass is 434 g/mol. The van der Waals surface area contributed by atoms with Crippen LogP contribution in [0.3, 0.4) is 0 Å². The third kappa shape index (κ3) is 3.76. The first-order valence-electron chi connectivity index (χ1n) is 9.81. The Balaban J connectivity index is 1.79. The van der Waals surface area contributed by atoms with Crippen molar-refractivity contribution in [3.8, 4) is 11.5 Å². The summed E-state index contributed by atoms with van der Waals surface area (Å²) in [5, 5.41) is 19.7. The van der Waals surface area contributed by atoms with Crippen LogP contribution in [0.25, 0.3) is 0 Å². The van der Waals surface area contributed by atoms with Crippen molar-refractivity contribution < 1.29 is 24.2 Å². The zero-order valence-electron chi connectivity index (χ0n) is 17.7. The van der Waals surface area contributed by atoms with E-state index in [1.165, 1.54) is 19.4 Å². The molecule has 2 aromatic carbocycles. The van der Waals surface area contributed by atoms with Crippen molar-refractivity contribution in [1.82, 2.24) is 9.78 Å². The fourth-order valence-corrected chi connectivity index (χ4v) is 3.58. The summed E-state index contributed by atoms with van der Waals surface area (Å²) in [7, 11) is 3.07. The van der Waals surface area contributed by atoms with E-state index in [9.17, 15) is 14.7 Å². The number of para-hydroxylation sites is 1. The summed E-state index contributed by atoms with van der Waals surface area (Å²) >= 11 is 0. The Labute approximate surface area is 184 Å². The molecule has 0 fully saturated rings. The molecule has 2 heterocycles. The Morgan fingerprint density at radius 1 is 1.16 bits per heavy atom. The summed E-state index contributed by atoms with van der Waals surface area (Å²) < 4.78 is 12.4. The van der Waals surface area contributed by atoms with Crippen molar-refractivity contribution in [1.29, 1.82) is 0 Å². The molecule has 0 saturated heterocycles. The van der Waals surface area contributed by atoms with Gasteiger partial charge >= 0.3 is 5.97 Å². The summed E-state index contributed by atoms with van der Waals surface area (Å²) in [5.41, 5.74) is 2.35. The Kier molecular flexibility index (Phi) is 5.55. The van der Waals surface area contributed by atoms with Crippen molar-refractivity contribution in [2.75, 3.05) is 24.9 Å². The van der Waals surface area contributed by atoms with Crippen LogP contribution in [0.4, 0.5) is 11.5 Å². The number of hydrogen-bond acceptors (Lipinski definition) is 6. The van der Waals surface area contributed by atoms with Gasteiger partial charge < -0.3 is 25.2 Å². The molecule has 4 rings (SSSR count). The minimum absolute atomic E-state index is 0.0715. The lowest BCUT2D eigenvalue weighted by Crippen LogP contribution is -2.26. The van der Waals surface area contributed by atoms with Gasteiger partial charge in [0.1, 0.15) is 34.6 Å². The molecule has 0 spiro atoms. The molecule has 1 aliphatic rings. The van der Waals surface area contributed by atoms with Crippen molar-refractivity contribution in [2.45, 2.75) is 13.0 Å². The Morgan fingerprint density at radius 2 is 1.94 bits per heavy atom. The molecule has 9 nitrogen and oxygen atoms in total. The lowest BCUT2D eigenvalue weighted by atomic mass is 10.0. The van der Waals surface area contributed by atoms with Gasteiger partial charge in [0, 0.05) is 11.3 Å². The number of aryl methyl sites for hydroxylation is 1. The summed E-state index contributed by atoms with van der Waals surface area (Å²) in [6.45, 7) is 1.89. The minimum atomic E-state index is -1.16. The normalized spacial score (nSPS) is 14.6. The number of fused-ring (bicyclic) bond motifs is 1. The summed E-state index contributed by atoms with van der Waals surface area (Å²) in [6, 6.07) is 12.0. The number of carboxylic acid groups (broad SMARTS) is 1. The van der Waals surface area contributed by atoms with E-state index in [2.05, 4.69) is 15.7 Å². The van der Waals surface area contributed by atoms with E-state index < -0.39 is 17.9 Å². The van der Waals surface area contributed by atoms with Crippen molar-refractivity contribution in [3.05, 3.63) is 77.1 Å². The summed E-state index contributed by atoms with van der Waals surface area (Å²) in [6.07, 6.45) is 2.93. The van der Waals surface area contributed by atoms with Gasteiger partial charge in [-0.25, -0.2) is 9.48 Å². The van der Waals surface area contributed by atoms with Gasteiger partial charge in [-0.05, 0) is 42.8 Å². The predicted molar refractivity (Wildman–Crippen MR) is 118 cm³/mol. The Hall–Kier alpha value is -4.27. The van der Waals surface area contributed by atoms with Gasteiger partial charge in [-0.15, -0.1) is 0 Å². The van der Waals surface area contributed by atoms with Crippen molar-refractivity contribution in [2.24, 2.45) is 0 Å². The average molecular weight is 434 g/mol. The number of benzene rings is 2. The van der Waals surface area contributed by atoms with Crippen LogP contribution in [0.5, 0.6) is 11.5 Å². The first kappa shape index (κ1) is 21.0. The fourth-order valence-electron chi connectivity index (χ4n) is 3.58. The van der Waals surface area contributed by atoms with Gasteiger partial charge in [0.15, 0.2) is 0 Å². The van der Waals surface area contributed by atoms with Gasteiger partial charge in [-0.2, -0.15) is 5.10 Å². The number of amides is 1. The van der Waals surface area contributed by atoms with Gasteiger partial charge in [0.25, 0.3) is 5.91 Å². The number of carbonyl (C=O) groups excluding carboxylic acids is 1. The average Bonchev–Trinajstić information content (AvgIpc) is 3.23. The lowest BCUT2D eigenvalue weighted by Gasteiger charge is -2.26. The number of nitrogens with zero attached hydrogens (tertiary/aromatic N) is 2. The molecule has 1 atom stereocenters. The van der Waals surface area contributed by atoms with Gasteiger partial charge in [0.2, 0.25) is 0 Å². The Bertz CT molecular complexity index is 1230. The van der Waals surface area contributed by atoms with Crippen LogP contribution in [0.15, 0.2) is 60.4 Å².